The van der Waals surface area contributed by atoms with Crippen LogP contribution >= 0.6 is 0 Å². The Bertz CT molecular complexity index is 152. The average Bonchev–Trinajstić information content (AvgIpc) is 1.99. The van der Waals surface area contributed by atoms with Crippen LogP contribution in [-0.4, -0.2) is 18.9 Å². The van der Waals surface area contributed by atoms with E-state index in [2.05, 4.69) is 0 Å². The standard InChI is InChI=1S/C9H16O3/c1-4-12-9(11)8(5-6-10)7(2)3/h6-8H,4-5H2,1-3H3. The minimum absolute atomic E-state index is 0.161. The fourth-order valence-corrected chi connectivity index (χ4v) is 0.994. The molecule has 0 saturated heterocycles. The SMILES string of the molecule is CCOC(=O)C(CC=O)C(C)C. The first-order valence-electron chi connectivity index (χ1n) is 4.23. The molecule has 1 unspecified atom stereocenters. The van der Waals surface area contributed by atoms with Gasteiger partial charge in [-0.1, -0.05) is 13.8 Å². The second-order valence-corrected chi connectivity index (χ2v) is 3.00. The maximum Gasteiger partial charge on any atom is 0.309 e. The van der Waals surface area contributed by atoms with Crippen molar-refractivity contribution in [3.05, 3.63) is 0 Å². The Hall–Kier alpha value is -0.860. The molecule has 0 fully saturated rings. The normalized spacial score (nSPS) is 12.7. The molecule has 0 aliphatic heterocycles. The van der Waals surface area contributed by atoms with Crippen LogP contribution in [0.1, 0.15) is 27.2 Å². The molecule has 0 heterocycles. The van der Waals surface area contributed by atoms with E-state index in [9.17, 15) is 9.59 Å². The van der Waals surface area contributed by atoms with Gasteiger partial charge in [0.05, 0.1) is 12.5 Å². The van der Waals surface area contributed by atoms with Crippen LogP contribution in [0.25, 0.3) is 0 Å². The summed E-state index contributed by atoms with van der Waals surface area (Å²) in [4.78, 5) is 21.4. The third kappa shape index (κ3) is 3.51. The highest BCUT2D eigenvalue weighted by molar-refractivity contribution is 5.75. The molecule has 0 N–H and O–H groups in total. The first kappa shape index (κ1) is 11.1. The van der Waals surface area contributed by atoms with Gasteiger partial charge in [-0.3, -0.25) is 4.79 Å². The summed E-state index contributed by atoms with van der Waals surface area (Å²) >= 11 is 0. The number of hydrogen-bond acceptors (Lipinski definition) is 3. The maximum atomic E-state index is 11.2. The van der Waals surface area contributed by atoms with Crippen LogP contribution in [0, 0.1) is 11.8 Å². The van der Waals surface area contributed by atoms with Gasteiger partial charge in [-0.05, 0) is 12.8 Å². The Morgan fingerprint density at radius 1 is 1.50 bits per heavy atom. The van der Waals surface area contributed by atoms with Crippen molar-refractivity contribution in [1.29, 1.82) is 0 Å². The molecular formula is C9H16O3. The second-order valence-electron chi connectivity index (χ2n) is 3.00. The zero-order chi connectivity index (χ0) is 9.56. The molecule has 0 amide bonds. The first-order chi connectivity index (χ1) is 5.63. The molecular weight excluding hydrogens is 156 g/mol. The van der Waals surface area contributed by atoms with Crippen molar-refractivity contribution in [2.24, 2.45) is 11.8 Å². The van der Waals surface area contributed by atoms with Crippen LogP contribution in [0.4, 0.5) is 0 Å². The van der Waals surface area contributed by atoms with Crippen LogP contribution in [-0.2, 0) is 14.3 Å². The van der Waals surface area contributed by atoms with Crippen molar-refractivity contribution < 1.29 is 14.3 Å². The Kier molecular flexibility index (Phi) is 5.34. The average molecular weight is 172 g/mol. The predicted octanol–water partition coefficient (Wildman–Crippen LogP) is 1.41. The van der Waals surface area contributed by atoms with Gasteiger partial charge in [-0.25, -0.2) is 0 Å². The molecule has 0 aromatic carbocycles. The molecule has 0 spiro atoms. The summed E-state index contributed by atoms with van der Waals surface area (Å²) in [5.74, 6) is -0.378. The minimum Gasteiger partial charge on any atom is -0.466 e. The molecule has 0 saturated carbocycles. The molecule has 1 atom stereocenters. The zero-order valence-corrected chi connectivity index (χ0v) is 7.87. The van der Waals surface area contributed by atoms with Gasteiger partial charge in [-0.15, -0.1) is 0 Å². The predicted molar refractivity (Wildman–Crippen MR) is 45.6 cm³/mol. The van der Waals surface area contributed by atoms with Crippen molar-refractivity contribution in [2.45, 2.75) is 27.2 Å². The topological polar surface area (TPSA) is 43.4 Å². The number of hydrogen-bond donors (Lipinski definition) is 0. The largest absolute Gasteiger partial charge is 0.466 e. The second kappa shape index (κ2) is 5.75. The number of ether oxygens (including phenoxy) is 1. The van der Waals surface area contributed by atoms with E-state index in [1.54, 1.807) is 6.92 Å². The number of rotatable bonds is 5. The molecule has 3 nitrogen and oxygen atoms in total. The Morgan fingerprint density at radius 3 is 2.42 bits per heavy atom. The number of aldehydes is 1. The fourth-order valence-electron chi connectivity index (χ4n) is 0.994. The summed E-state index contributed by atoms with van der Waals surface area (Å²) in [7, 11) is 0. The molecule has 0 aromatic heterocycles. The van der Waals surface area contributed by atoms with Gasteiger partial charge in [0.2, 0.25) is 0 Å². The lowest BCUT2D eigenvalue weighted by molar-refractivity contribution is -0.150. The van der Waals surface area contributed by atoms with Crippen LogP contribution < -0.4 is 0 Å². The molecule has 3 heteroatoms. The van der Waals surface area contributed by atoms with Crippen molar-refractivity contribution in [2.75, 3.05) is 6.61 Å². The fraction of sp³-hybridized carbons (Fsp3) is 0.778. The van der Waals surface area contributed by atoms with Crippen molar-refractivity contribution in [3.63, 3.8) is 0 Å². The molecule has 0 radical (unpaired) electrons. The number of carbonyl (C=O) groups is 2. The van der Waals surface area contributed by atoms with E-state index in [4.69, 9.17) is 4.74 Å². The monoisotopic (exact) mass is 172 g/mol. The summed E-state index contributed by atoms with van der Waals surface area (Å²) in [6, 6.07) is 0. The van der Waals surface area contributed by atoms with Crippen LogP contribution in [0.2, 0.25) is 0 Å². The molecule has 12 heavy (non-hydrogen) atoms. The van der Waals surface area contributed by atoms with E-state index >= 15 is 0 Å². The van der Waals surface area contributed by atoms with E-state index in [1.807, 2.05) is 13.8 Å². The van der Waals surface area contributed by atoms with E-state index < -0.39 is 0 Å². The highest BCUT2D eigenvalue weighted by Crippen LogP contribution is 2.15. The van der Waals surface area contributed by atoms with Gasteiger partial charge in [-0.2, -0.15) is 0 Å². The van der Waals surface area contributed by atoms with Gasteiger partial charge in [0.1, 0.15) is 6.29 Å². The Labute approximate surface area is 73.1 Å². The number of carbonyl (C=O) groups excluding carboxylic acids is 2. The molecule has 70 valence electrons. The summed E-state index contributed by atoms with van der Waals surface area (Å²) < 4.78 is 4.82. The molecule has 0 bridgehead atoms. The zero-order valence-electron chi connectivity index (χ0n) is 7.87. The van der Waals surface area contributed by atoms with E-state index in [-0.39, 0.29) is 24.2 Å². The lowest BCUT2D eigenvalue weighted by Crippen LogP contribution is -2.23. The third-order valence-electron chi connectivity index (χ3n) is 1.74. The molecule has 0 aromatic rings. The van der Waals surface area contributed by atoms with Crippen LogP contribution in [0.3, 0.4) is 0 Å². The van der Waals surface area contributed by atoms with Crippen LogP contribution in [0.5, 0.6) is 0 Å². The van der Waals surface area contributed by atoms with Crippen LogP contribution in [0.15, 0.2) is 0 Å². The van der Waals surface area contributed by atoms with Gasteiger partial charge < -0.3 is 9.53 Å². The summed E-state index contributed by atoms with van der Waals surface area (Å²) in [5.41, 5.74) is 0. The molecule has 0 aliphatic carbocycles. The minimum atomic E-state index is -0.276. The van der Waals surface area contributed by atoms with Gasteiger partial charge >= 0.3 is 5.97 Å². The smallest absolute Gasteiger partial charge is 0.309 e. The highest BCUT2D eigenvalue weighted by Gasteiger charge is 2.22. The van der Waals surface area contributed by atoms with Crippen molar-refractivity contribution >= 4 is 12.3 Å². The lowest BCUT2D eigenvalue weighted by atomic mass is 9.93. The summed E-state index contributed by atoms with van der Waals surface area (Å²) in [5, 5.41) is 0. The van der Waals surface area contributed by atoms with Crippen molar-refractivity contribution in [3.8, 4) is 0 Å². The quantitative estimate of drug-likeness (QED) is 0.465. The number of esters is 1. The molecule has 0 aliphatic rings. The lowest BCUT2D eigenvalue weighted by Gasteiger charge is -2.15. The summed E-state index contributed by atoms with van der Waals surface area (Å²) in [6.45, 7) is 5.95. The third-order valence-corrected chi connectivity index (χ3v) is 1.74. The maximum absolute atomic E-state index is 11.2. The van der Waals surface area contributed by atoms with Gasteiger partial charge in [0, 0.05) is 6.42 Å². The van der Waals surface area contributed by atoms with E-state index in [0.29, 0.717) is 6.61 Å². The first-order valence-corrected chi connectivity index (χ1v) is 4.23. The Balaban J connectivity index is 4.08. The molecule has 0 rings (SSSR count). The van der Waals surface area contributed by atoms with Gasteiger partial charge in [0.15, 0.2) is 0 Å². The van der Waals surface area contributed by atoms with Crippen molar-refractivity contribution in [1.82, 2.24) is 0 Å². The summed E-state index contributed by atoms with van der Waals surface area (Å²) in [6.07, 6.45) is 1.03. The highest BCUT2D eigenvalue weighted by atomic mass is 16.5. The Morgan fingerprint density at radius 2 is 2.08 bits per heavy atom. The van der Waals surface area contributed by atoms with E-state index in [0.717, 1.165) is 6.29 Å². The van der Waals surface area contributed by atoms with Gasteiger partial charge in [0.25, 0.3) is 0 Å². The van der Waals surface area contributed by atoms with E-state index in [1.165, 1.54) is 0 Å².